The first-order valence-electron chi connectivity index (χ1n) is 13.4. The average Bonchev–Trinajstić information content (AvgIpc) is 2.86. The van der Waals surface area contributed by atoms with E-state index in [9.17, 15) is 19.5 Å². The van der Waals surface area contributed by atoms with Gasteiger partial charge in [0.2, 0.25) is 5.91 Å². The first-order chi connectivity index (χ1) is 18.4. The molecule has 0 bridgehead atoms. The minimum absolute atomic E-state index is 0.249. The van der Waals surface area contributed by atoms with Crippen LogP contribution in [0.4, 0.5) is 10.5 Å². The molecule has 0 spiro atoms. The van der Waals surface area contributed by atoms with E-state index in [1.54, 1.807) is 45.0 Å². The third-order valence-electron chi connectivity index (χ3n) is 6.13. The van der Waals surface area contributed by atoms with Gasteiger partial charge in [0.15, 0.2) is 0 Å². The van der Waals surface area contributed by atoms with Gasteiger partial charge in [-0.2, -0.15) is 0 Å². The van der Waals surface area contributed by atoms with E-state index in [1.165, 1.54) is 4.90 Å². The maximum Gasteiger partial charge on any atom is 0.408 e. The zero-order valence-electron chi connectivity index (χ0n) is 23.8. The molecule has 2 aromatic rings. The molecule has 8 nitrogen and oxygen atoms in total. The number of aliphatic hydroxyl groups is 1. The van der Waals surface area contributed by atoms with E-state index in [0.29, 0.717) is 22.7 Å². The first kappa shape index (κ1) is 32.1. The molecule has 2 atom stereocenters. The number of amides is 3. The van der Waals surface area contributed by atoms with Gasteiger partial charge in [-0.05, 0) is 58.2 Å². The van der Waals surface area contributed by atoms with Gasteiger partial charge in [0.1, 0.15) is 17.7 Å². The van der Waals surface area contributed by atoms with Crippen LogP contribution in [0, 0.1) is 13.8 Å². The Labute approximate surface area is 237 Å². The number of alkyl carbamates (subject to hydrolysis) is 1. The number of ether oxygens (including phenoxy) is 1. The molecule has 214 valence electrons. The third-order valence-corrected chi connectivity index (χ3v) is 6.45. The van der Waals surface area contributed by atoms with Gasteiger partial charge in [-0.3, -0.25) is 9.59 Å². The van der Waals surface area contributed by atoms with Crippen LogP contribution in [0.25, 0.3) is 0 Å². The molecule has 39 heavy (non-hydrogen) atoms. The molecule has 0 heterocycles. The molecule has 0 saturated carbocycles. The van der Waals surface area contributed by atoms with Crippen molar-refractivity contribution in [1.29, 1.82) is 0 Å². The van der Waals surface area contributed by atoms with Crippen LogP contribution in [0.15, 0.2) is 42.5 Å². The van der Waals surface area contributed by atoms with Crippen molar-refractivity contribution in [2.45, 2.75) is 84.9 Å². The molecular formula is C30H42ClN3O5. The highest BCUT2D eigenvalue weighted by Gasteiger charge is 2.36. The van der Waals surface area contributed by atoms with Crippen LogP contribution in [-0.2, 0) is 14.3 Å². The SMILES string of the molecule is CCCCCCN(C(=O)C(CO)NC(=O)OC(C)(C)C)C(C(=O)Nc1c(C)cccc1Cl)c1ccc(C)cc1. The highest BCUT2D eigenvalue weighted by atomic mass is 35.5. The maximum atomic E-state index is 13.9. The van der Waals surface area contributed by atoms with E-state index in [0.717, 1.165) is 30.4 Å². The summed E-state index contributed by atoms with van der Waals surface area (Å²) in [6, 6.07) is 10.3. The Bertz CT molecular complexity index is 1090. The number of carbonyl (C=O) groups is 3. The van der Waals surface area contributed by atoms with Gasteiger partial charge in [-0.25, -0.2) is 4.79 Å². The van der Waals surface area contributed by atoms with E-state index >= 15 is 0 Å². The number of benzene rings is 2. The number of carbonyl (C=O) groups excluding carboxylic acids is 3. The Morgan fingerprint density at radius 2 is 1.69 bits per heavy atom. The summed E-state index contributed by atoms with van der Waals surface area (Å²) in [5, 5.41) is 15.9. The lowest BCUT2D eigenvalue weighted by Crippen LogP contribution is -2.54. The topological polar surface area (TPSA) is 108 Å². The minimum Gasteiger partial charge on any atom is -0.444 e. The van der Waals surface area contributed by atoms with Crippen LogP contribution >= 0.6 is 11.6 Å². The minimum atomic E-state index is -1.30. The Hall–Kier alpha value is -3.10. The molecule has 3 amide bonds. The van der Waals surface area contributed by atoms with E-state index in [1.807, 2.05) is 32.0 Å². The monoisotopic (exact) mass is 559 g/mol. The zero-order chi connectivity index (χ0) is 29.2. The number of hydrogen-bond acceptors (Lipinski definition) is 5. The summed E-state index contributed by atoms with van der Waals surface area (Å²) in [5.74, 6) is -1.04. The number of rotatable bonds is 12. The molecule has 2 unspecified atom stereocenters. The Kier molecular flexibility index (Phi) is 12.3. The number of halogens is 1. The zero-order valence-corrected chi connectivity index (χ0v) is 24.6. The number of nitrogens with zero attached hydrogens (tertiary/aromatic N) is 1. The predicted molar refractivity (Wildman–Crippen MR) is 155 cm³/mol. The largest absolute Gasteiger partial charge is 0.444 e. The van der Waals surface area contributed by atoms with Crippen LogP contribution in [0.1, 0.15) is 76.1 Å². The normalized spacial score (nSPS) is 12.8. The first-order valence-corrected chi connectivity index (χ1v) is 13.8. The highest BCUT2D eigenvalue weighted by Crippen LogP contribution is 2.30. The van der Waals surface area contributed by atoms with Crippen molar-refractivity contribution in [3.63, 3.8) is 0 Å². The quantitative estimate of drug-likeness (QED) is 0.279. The van der Waals surface area contributed by atoms with Gasteiger partial charge in [0.25, 0.3) is 5.91 Å². The standard InChI is InChI=1S/C30H42ClN3O5/c1-7-8-9-10-18-34(28(37)24(19-35)32-29(38)39-30(4,5)6)26(22-16-14-20(2)15-17-22)27(36)33-25-21(3)12-11-13-23(25)31/h11-17,24,26,35H,7-10,18-19H2,1-6H3,(H,32,38)(H,33,36). The second-order valence-electron chi connectivity index (χ2n) is 10.7. The second kappa shape index (κ2) is 14.9. The number of hydrogen-bond donors (Lipinski definition) is 3. The summed E-state index contributed by atoms with van der Waals surface area (Å²) < 4.78 is 5.30. The second-order valence-corrected chi connectivity index (χ2v) is 11.1. The molecular weight excluding hydrogens is 518 g/mol. The van der Waals surface area contributed by atoms with Gasteiger partial charge >= 0.3 is 6.09 Å². The molecule has 0 aliphatic carbocycles. The van der Waals surface area contributed by atoms with Gasteiger partial charge in [0, 0.05) is 6.54 Å². The predicted octanol–water partition coefficient (Wildman–Crippen LogP) is 5.93. The Morgan fingerprint density at radius 1 is 1.03 bits per heavy atom. The Morgan fingerprint density at radius 3 is 2.26 bits per heavy atom. The molecule has 0 aliphatic rings. The van der Waals surface area contributed by atoms with Gasteiger partial charge in [0.05, 0.1) is 17.3 Å². The number of aryl methyl sites for hydroxylation is 2. The van der Waals surface area contributed by atoms with Crippen molar-refractivity contribution in [1.82, 2.24) is 10.2 Å². The number of anilines is 1. The van der Waals surface area contributed by atoms with E-state index in [2.05, 4.69) is 17.6 Å². The van der Waals surface area contributed by atoms with Crippen LogP contribution in [0.2, 0.25) is 5.02 Å². The smallest absolute Gasteiger partial charge is 0.408 e. The maximum absolute atomic E-state index is 13.9. The summed E-state index contributed by atoms with van der Waals surface area (Å²) >= 11 is 6.40. The lowest BCUT2D eigenvalue weighted by Gasteiger charge is -2.34. The molecule has 0 saturated heterocycles. The van der Waals surface area contributed by atoms with E-state index in [4.69, 9.17) is 16.3 Å². The van der Waals surface area contributed by atoms with Crippen molar-refractivity contribution in [2.75, 3.05) is 18.5 Å². The summed E-state index contributed by atoms with van der Waals surface area (Å²) in [5.41, 5.74) is 2.05. The van der Waals surface area contributed by atoms with E-state index < -0.39 is 42.2 Å². The average molecular weight is 560 g/mol. The van der Waals surface area contributed by atoms with Crippen molar-refractivity contribution in [3.8, 4) is 0 Å². The fraction of sp³-hybridized carbons (Fsp3) is 0.500. The van der Waals surface area contributed by atoms with E-state index in [-0.39, 0.29) is 6.54 Å². The molecule has 2 rings (SSSR count). The molecule has 0 radical (unpaired) electrons. The van der Waals surface area contributed by atoms with Crippen LogP contribution in [0.5, 0.6) is 0 Å². The number of nitrogens with one attached hydrogen (secondary N) is 2. The summed E-state index contributed by atoms with van der Waals surface area (Å²) in [6.07, 6.45) is 2.65. The molecule has 2 aromatic carbocycles. The molecule has 9 heteroatoms. The summed E-state index contributed by atoms with van der Waals surface area (Å²) in [4.78, 5) is 41.7. The fourth-order valence-electron chi connectivity index (χ4n) is 4.11. The van der Waals surface area contributed by atoms with Crippen molar-refractivity contribution >= 4 is 35.2 Å². The molecule has 3 N–H and O–H groups in total. The van der Waals surface area contributed by atoms with Crippen molar-refractivity contribution < 1.29 is 24.2 Å². The molecule has 0 aliphatic heterocycles. The lowest BCUT2D eigenvalue weighted by molar-refractivity contribution is -0.141. The van der Waals surface area contributed by atoms with Gasteiger partial charge in [-0.1, -0.05) is 79.7 Å². The molecule has 0 fully saturated rings. The van der Waals surface area contributed by atoms with Crippen LogP contribution in [0.3, 0.4) is 0 Å². The Balaban J connectivity index is 2.50. The molecule has 0 aromatic heterocycles. The lowest BCUT2D eigenvalue weighted by atomic mass is 10.0. The number of unbranched alkanes of at least 4 members (excludes halogenated alkanes) is 3. The fourth-order valence-corrected chi connectivity index (χ4v) is 4.38. The van der Waals surface area contributed by atoms with Crippen LogP contribution in [-0.4, -0.2) is 52.7 Å². The summed E-state index contributed by atoms with van der Waals surface area (Å²) in [7, 11) is 0. The summed E-state index contributed by atoms with van der Waals surface area (Å²) in [6.45, 7) is 10.6. The highest BCUT2D eigenvalue weighted by molar-refractivity contribution is 6.34. The van der Waals surface area contributed by atoms with Crippen LogP contribution < -0.4 is 10.6 Å². The van der Waals surface area contributed by atoms with Gasteiger partial charge < -0.3 is 25.4 Å². The van der Waals surface area contributed by atoms with Crippen molar-refractivity contribution in [2.24, 2.45) is 0 Å². The third kappa shape index (κ3) is 9.86. The van der Waals surface area contributed by atoms with Crippen molar-refractivity contribution in [3.05, 3.63) is 64.2 Å². The number of para-hydroxylation sites is 1. The van der Waals surface area contributed by atoms with Gasteiger partial charge in [-0.15, -0.1) is 0 Å². The number of aliphatic hydroxyl groups excluding tert-OH is 1.